The Morgan fingerprint density at radius 1 is 0.952 bits per heavy atom. The quantitative estimate of drug-likeness (QED) is 0.509. The Labute approximate surface area is 119 Å². The number of carbonyl (C=O) groups is 2. The first kappa shape index (κ1) is 14.2. The van der Waals surface area contributed by atoms with E-state index in [1.54, 1.807) is 0 Å². The Balaban J connectivity index is 2.37. The van der Waals surface area contributed by atoms with Gasteiger partial charge in [-0.25, -0.2) is 9.59 Å². The van der Waals surface area contributed by atoms with E-state index in [1.807, 2.05) is 0 Å². The molecule has 0 saturated carbocycles. The highest BCUT2D eigenvalue weighted by Crippen LogP contribution is 2.19. The van der Waals surface area contributed by atoms with E-state index >= 15 is 0 Å². The average Bonchev–Trinajstić information content (AvgIpc) is 2.47. The van der Waals surface area contributed by atoms with Crippen molar-refractivity contribution >= 4 is 23.3 Å². The molecule has 0 amide bonds. The molecule has 0 radical (unpaired) electrons. The second kappa shape index (κ2) is 5.83. The van der Waals surface area contributed by atoms with Gasteiger partial charge in [0, 0.05) is 17.2 Å². The Morgan fingerprint density at radius 2 is 1.52 bits per heavy atom. The highest BCUT2D eigenvalue weighted by molar-refractivity contribution is 5.88. The molecule has 0 fully saturated rings. The lowest BCUT2D eigenvalue weighted by atomic mass is 10.2. The summed E-state index contributed by atoms with van der Waals surface area (Å²) in [7, 11) is 0. The normalized spacial score (nSPS) is 11.1. The maximum atomic E-state index is 11.9. The fraction of sp³-hybridized carbons (Fsp3) is 0. The van der Waals surface area contributed by atoms with Gasteiger partial charge in [-0.15, -0.1) is 0 Å². The Hall–Kier alpha value is -3.22. The van der Waals surface area contributed by atoms with Gasteiger partial charge in [0.05, 0.1) is 11.1 Å². The summed E-state index contributed by atoms with van der Waals surface area (Å²) in [6.07, 6.45) is 0. The van der Waals surface area contributed by atoms with Gasteiger partial charge in [-0.2, -0.15) is 0 Å². The van der Waals surface area contributed by atoms with Crippen molar-refractivity contribution in [1.29, 1.82) is 0 Å². The van der Waals surface area contributed by atoms with E-state index in [1.165, 1.54) is 48.5 Å². The molecule has 7 nitrogen and oxygen atoms in total. The Bertz CT molecular complexity index is 740. The van der Waals surface area contributed by atoms with Crippen LogP contribution in [0, 0.1) is 5.21 Å². The van der Waals surface area contributed by atoms with Crippen LogP contribution in [0.25, 0.3) is 0 Å². The molecule has 2 aromatic carbocycles. The third kappa shape index (κ3) is 3.41. The molecule has 0 heterocycles. The fourth-order valence-electron chi connectivity index (χ4n) is 1.62. The van der Waals surface area contributed by atoms with Crippen LogP contribution in [0.1, 0.15) is 20.7 Å². The molecule has 0 aliphatic rings. The van der Waals surface area contributed by atoms with Gasteiger partial charge in [0.2, 0.25) is 5.69 Å². The Morgan fingerprint density at radius 3 is 2.14 bits per heavy atom. The maximum absolute atomic E-state index is 11.9. The number of carboxylic acid groups (broad SMARTS) is 2. The van der Waals surface area contributed by atoms with Crippen molar-refractivity contribution in [3.8, 4) is 0 Å². The number of rotatable bonds is 4. The van der Waals surface area contributed by atoms with Crippen LogP contribution < -0.4 is 0 Å². The third-order valence-corrected chi connectivity index (χ3v) is 2.61. The zero-order valence-corrected chi connectivity index (χ0v) is 10.6. The van der Waals surface area contributed by atoms with E-state index in [9.17, 15) is 14.8 Å². The summed E-state index contributed by atoms with van der Waals surface area (Å²) in [6.45, 7) is 0. The molecule has 2 aromatic rings. The fourth-order valence-corrected chi connectivity index (χ4v) is 1.62. The lowest BCUT2D eigenvalue weighted by Crippen LogP contribution is -1.98. The highest BCUT2D eigenvalue weighted by atomic mass is 16.5. The summed E-state index contributed by atoms with van der Waals surface area (Å²) in [5.41, 5.74) is 0.160. The van der Waals surface area contributed by atoms with E-state index in [4.69, 9.17) is 10.2 Å². The van der Waals surface area contributed by atoms with Crippen molar-refractivity contribution in [2.24, 2.45) is 5.11 Å². The molecule has 2 rings (SSSR count). The van der Waals surface area contributed by atoms with Gasteiger partial charge >= 0.3 is 11.9 Å². The maximum Gasteiger partial charge on any atom is 0.335 e. The van der Waals surface area contributed by atoms with Crippen LogP contribution in [-0.2, 0) is 0 Å². The van der Waals surface area contributed by atoms with Crippen molar-refractivity contribution in [3.05, 3.63) is 64.9 Å². The van der Waals surface area contributed by atoms with E-state index < -0.39 is 11.9 Å². The van der Waals surface area contributed by atoms with Crippen LogP contribution >= 0.6 is 0 Å². The summed E-state index contributed by atoms with van der Waals surface area (Å²) in [5, 5.41) is 33.3. The van der Waals surface area contributed by atoms with Crippen LogP contribution in [0.5, 0.6) is 0 Å². The summed E-state index contributed by atoms with van der Waals surface area (Å²) in [5.74, 6) is -2.28. The van der Waals surface area contributed by atoms with Crippen molar-refractivity contribution in [1.82, 2.24) is 0 Å². The van der Waals surface area contributed by atoms with Crippen molar-refractivity contribution in [2.45, 2.75) is 0 Å². The van der Waals surface area contributed by atoms with E-state index in [0.717, 1.165) is 0 Å². The molecule has 0 aliphatic carbocycles. The van der Waals surface area contributed by atoms with Gasteiger partial charge in [0.1, 0.15) is 5.69 Å². The SMILES string of the molecule is O=C(O)c1cccc(N=[N+]([O-])c2cccc(C(=O)O)c2)c1. The van der Waals surface area contributed by atoms with Gasteiger partial charge in [-0.1, -0.05) is 17.0 Å². The first-order chi connectivity index (χ1) is 9.97. The smallest absolute Gasteiger partial charge is 0.335 e. The molecule has 0 aliphatic heterocycles. The number of hydrogen-bond donors (Lipinski definition) is 2. The second-order valence-electron chi connectivity index (χ2n) is 4.08. The molecule has 7 heteroatoms. The molecule has 21 heavy (non-hydrogen) atoms. The number of azo groups is 1. The van der Waals surface area contributed by atoms with Crippen molar-refractivity contribution in [3.63, 3.8) is 0 Å². The molecule has 106 valence electrons. The molecular formula is C14H10N2O5. The van der Waals surface area contributed by atoms with Crippen LogP contribution in [-0.4, -0.2) is 27.0 Å². The average molecular weight is 286 g/mol. The lowest BCUT2D eigenvalue weighted by Gasteiger charge is -2.01. The van der Waals surface area contributed by atoms with Gasteiger partial charge in [-0.3, -0.25) is 0 Å². The molecule has 0 saturated heterocycles. The first-order valence-electron chi connectivity index (χ1n) is 5.83. The zero-order chi connectivity index (χ0) is 15.4. The molecule has 0 unspecified atom stereocenters. The first-order valence-corrected chi connectivity index (χ1v) is 5.83. The highest BCUT2D eigenvalue weighted by Gasteiger charge is 2.10. The topological polar surface area (TPSA) is 113 Å². The standard InChI is InChI=1S/C14H10N2O5/c17-13(18)9-3-1-5-11(7-9)15-16(21)12-6-2-4-10(8-12)14(19)20/h1-8H,(H,17,18)(H,19,20). The molecule has 0 atom stereocenters. The predicted molar refractivity (Wildman–Crippen MR) is 72.2 cm³/mol. The summed E-state index contributed by atoms with van der Waals surface area (Å²) >= 11 is 0. The van der Waals surface area contributed by atoms with E-state index in [-0.39, 0.29) is 27.4 Å². The minimum absolute atomic E-state index is 0.00365. The number of carboxylic acids is 2. The number of benzene rings is 2. The second-order valence-corrected chi connectivity index (χ2v) is 4.08. The summed E-state index contributed by atoms with van der Waals surface area (Å²) in [6, 6.07) is 10.9. The van der Waals surface area contributed by atoms with Gasteiger partial charge in [0.25, 0.3) is 0 Å². The number of hydrogen-bond acceptors (Lipinski definition) is 4. The number of nitrogens with zero attached hydrogens (tertiary/aromatic N) is 2. The van der Waals surface area contributed by atoms with Crippen molar-refractivity contribution in [2.75, 3.05) is 0 Å². The minimum atomic E-state index is -1.15. The predicted octanol–water partition coefficient (Wildman–Crippen LogP) is 3.01. The van der Waals surface area contributed by atoms with Gasteiger partial charge in [-0.05, 0) is 24.3 Å². The summed E-state index contributed by atoms with van der Waals surface area (Å²) < 4.78 is 0. The van der Waals surface area contributed by atoms with E-state index in [0.29, 0.717) is 0 Å². The number of aromatic carboxylic acids is 2. The van der Waals surface area contributed by atoms with Crippen LogP contribution in [0.4, 0.5) is 11.4 Å². The zero-order valence-electron chi connectivity index (χ0n) is 10.6. The van der Waals surface area contributed by atoms with Gasteiger partial charge < -0.3 is 15.4 Å². The monoisotopic (exact) mass is 286 g/mol. The summed E-state index contributed by atoms with van der Waals surface area (Å²) in [4.78, 5) is 21.9. The van der Waals surface area contributed by atoms with Crippen LogP contribution in [0.2, 0.25) is 0 Å². The van der Waals surface area contributed by atoms with Crippen LogP contribution in [0.3, 0.4) is 0 Å². The van der Waals surface area contributed by atoms with Crippen molar-refractivity contribution < 1.29 is 24.7 Å². The molecule has 0 spiro atoms. The third-order valence-electron chi connectivity index (χ3n) is 2.61. The molecule has 2 N–H and O–H groups in total. The Kier molecular flexibility index (Phi) is 3.94. The lowest BCUT2D eigenvalue weighted by molar-refractivity contribution is -0.435. The van der Waals surface area contributed by atoms with Crippen LogP contribution in [0.15, 0.2) is 53.6 Å². The minimum Gasteiger partial charge on any atom is -0.594 e. The van der Waals surface area contributed by atoms with Gasteiger partial charge in [0.15, 0.2) is 0 Å². The molecule has 0 bridgehead atoms. The molecular weight excluding hydrogens is 276 g/mol. The molecule has 0 aromatic heterocycles. The van der Waals surface area contributed by atoms with E-state index in [2.05, 4.69) is 5.11 Å². The largest absolute Gasteiger partial charge is 0.594 e.